The molecule has 1 aliphatic heterocycles. The van der Waals surface area contributed by atoms with Crippen molar-refractivity contribution >= 4 is 0 Å². The van der Waals surface area contributed by atoms with Gasteiger partial charge in [0, 0.05) is 32.1 Å². The molecule has 1 saturated heterocycles. The number of piperazine rings is 1. The zero-order valence-corrected chi connectivity index (χ0v) is 13.9. The average Bonchev–Trinajstić information content (AvgIpc) is 2.64. The normalized spacial score (nSPS) is 16.8. The standard InChI is InChI=1S/C21H27N2/c1-2-22-15-17-23(18-16-22)14-13-21(19-9-5-3-6-10-19)20-11-7-4-8-12-20/h3-12,21H,1-2,13-18H2. The molecule has 0 aliphatic carbocycles. The summed E-state index contributed by atoms with van der Waals surface area (Å²) in [5, 5.41) is 0. The van der Waals surface area contributed by atoms with Gasteiger partial charge < -0.3 is 9.80 Å². The smallest absolute Gasteiger partial charge is 0.0110 e. The van der Waals surface area contributed by atoms with E-state index in [9.17, 15) is 0 Å². The predicted octanol–water partition coefficient (Wildman–Crippen LogP) is 3.66. The molecular weight excluding hydrogens is 280 g/mol. The summed E-state index contributed by atoms with van der Waals surface area (Å²) in [6.45, 7) is 10.8. The maximum Gasteiger partial charge on any atom is 0.0110 e. The van der Waals surface area contributed by atoms with Crippen LogP contribution in [0.25, 0.3) is 0 Å². The predicted molar refractivity (Wildman–Crippen MR) is 97.6 cm³/mol. The molecule has 1 aliphatic rings. The lowest BCUT2D eigenvalue weighted by Crippen LogP contribution is -2.46. The summed E-state index contributed by atoms with van der Waals surface area (Å²) in [4.78, 5) is 5.04. The fraction of sp³-hybridized carbons (Fsp3) is 0.381. The van der Waals surface area contributed by atoms with E-state index < -0.39 is 0 Å². The lowest BCUT2D eigenvalue weighted by Gasteiger charge is -2.34. The van der Waals surface area contributed by atoms with Crippen LogP contribution >= 0.6 is 0 Å². The maximum absolute atomic E-state index is 4.00. The van der Waals surface area contributed by atoms with Gasteiger partial charge in [0.2, 0.25) is 0 Å². The molecule has 2 aromatic carbocycles. The number of hydrogen-bond acceptors (Lipinski definition) is 2. The number of hydrogen-bond donors (Lipinski definition) is 0. The van der Waals surface area contributed by atoms with E-state index in [1.54, 1.807) is 0 Å². The van der Waals surface area contributed by atoms with E-state index in [1.807, 2.05) is 0 Å². The third kappa shape index (κ3) is 4.43. The highest BCUT2D eigenvalue weighted by atomic mass is 15.3. The second-order valence-corrected chi connectivity index (χ2v) is 6.35. The molecule has 1 fully saturated rings. The number of rotatable bonds is 6. The van der Waals surface area contributed by atoms with E-state index in [-0.39, 0.29) is 0 Å². The molecule has 0 unspecified atom stereocenters. The lowest BCUT2D eigenvalue weighted by atomic mass is 9.88. The van der Waals surface area contributed by atoms with Gasteiger partial charge in [0.1, 0.15) is 0 Å². The number of nitrogens with zero attached hydrogens (tertiary/aromatic N) is 2. The fourth-order valence-electron chi connectivity index (χ4n) is 3.44. The molecule has 1 radical (unpaired) electrons. The summed E-state index contributed by atoms with van der Waals surface area (Å²) in [6, 6.07) is 21.9. The van der Waals surface area contributed by atoms with Gasteiger partial charge in [-0.2, -0.15) is 0 Å². The van der Waals surface area contributed by atoms with Crippen LogP contribution in [0.2, 0.25) is 0 Å². The summed E-state index contributed by atoms with van der Waals surface area (Å²) < 4.78 is 0. The Kier molecular flexibility index (Phi) is 5.84. The van der Waals surface area contributed by atoms with Crippen molar-refractivity contribution in [2.45, 2.75) is 12.3 Å². The van der Waals surface area contributed by atoms with Gasteiger partial charge in [-0.05, 0) is 37.6 Å². The largest absolute Gasteiger partial charge is 0.301 e. The Bertz CT molecular complexity index is 519. The Hall–Kier alpha value is -1.64. The molecule has 0 saturated carbocycles. The van der Waals surface area contributed by atoms with Gasteiger partial charge in [0.05, 0.1) is 0 Å². The van der Waals surface area contributed by atoms with Gasteiger partial charge in [0.25, 0.3) is 0 Å². The van der Waals surface area contributed by atoms with Crippen LogP contribution in [0.4, 0.5) is 0 Å². The first kappa shape index (κ1) is 16.2. The SMILES string of the molecule is [CH2]CN1CCN(CCC(c2ccccc2)c2ccccc2)CC1. The highest BCUT2D eigenvalue weighted by Gasteiger charge is 2.19. The molecule has 121 valence electrons. The summed E-state index contributed by atoms with van der Waals surface area (Å²) in [5.41, 5.74) is 2.85. The Labute approximate surface area is 140 Å². The summed E-state index contributed by atoms with van der Waals surface area (Å²) in [5.74, 6) is 0.489. The minimum absolute atomic E-state index is 0.489. The molecule has 2 aromatic rings. The Morgan fingerprint density at radius 3 is 1.70 bits per heavy atom. The highest BCUT2D eigenvalue weighted by molar-refractivity contribution is 5.32. The zero-order valence-electron chi connectivity index (χ0n) is 13.9. The van der Waals surface area contributed by atoms with Crippen molar-refractivity contribution in [2.75, 3.05) is 39.3 Å². The molecule has 0 bridgehead atoms. The second kappa shape index (κ2) is 8.28. The van der Waals surface area contributed by atoms with Crippen LogP contribution in [-0.4, -0.2) is 49.1 Å². The average molecular weight is 307 g/mol. The topological polar surface area (TPSA) is 6.48 Å². The summed E-state index contributed by atoms with van der Waals surface area (Å²) >= 11 is 0. The van der Waals surface area contributed by atoms with Gasteiger partial charge in [-0.3, -0.25) is 0 Å². The van der Waals surface area contributed by atoms with Crippen molar-refractivity contribution in [3.63, 3.8) is 0 Å². The van der Waals surface area contributed by atoms with Crippen molar-refractivity contribution in [3.8, 4) is 0 Å². The van der Waals surface area contributed by atoms with Crippen LogP contribution in [0, 0.1) is 6.92 Å². The molecule has 0 N–H and O–H groups in total. The Morgan fingerprint density at radius 2 is 1.22 bits per heavy atom. The van der Waals surface area contributed by atoms with Crippen LogP contribution < -0.4 is 0 Å². The quantitative estimate of drug-likeness (QED) is 0.803. The maximum atomic E-state index is 4.00. The Morgan fingerprint density at radius 1 is 0.739 bits per heavy atom. The monoisotopic (exact) mass is 307 g/mol. The molecular formula is C21H27N2. The third-order valence-corrected chi connectivity index (χ3v) is 4.92. The van der Waals surface area contributed by atoms with E-state index in [0.717, 1.165) is 19.6 Å². The van der Waals surface area contributed by atoms with Gasteiger partial charge >= 0.3 is 0 Å². The molecule has 2 heteroatoms. The molecule has 1 heterocycles. The van der Waals surface area contributed by atoms with E-state index in [2.05, 4.69) is 77.4 Å². The minimum atomic E-state index is 0.489. The van der Waals surface area contributed by atoms with Crippen LogP contribution in [0.15, 0.2) is 60.7 Å². The van der Waals surface area contributed by atoms with Crippen LogP contribution in [-0.2, 0) is 0 Å². The highest BCUT2D eigenvalue weighted by Crippen LogP contribution is 2.28. The van der Waals surface area contributed by atoms with Crippen molar-refractivity contribution in [2.24, 2.45) is 0 Å². The first-order valence-electron chi connectivity index (χ1n) is 8.70. The van der Waals surface area contributed by atoms with E-state index in [1.165, 1.54) is 37.2 Å². The molecule has 23 heavy (non-hydrogen) atoms. The van der Waals surface area contributed by atoms with Crippen LogP contribution in [0.1, 0.15) is 23.5 Å². The van der Waals surface area contributed by atoms with Crippen molar-refractivity contribution in [3.05, 3.63) is 78.7 Å². The molecule has 3 rings (SSSR count). The van der Waals surface area contributed by atoms with Crippen molar-refractivity contribution < 1.29 is 0 Å². The fourth-order valence-corrected chi connectivity index (χ4v) is 3.44. The summed E-state index contributed by atoms with van der Waals surface area (Å²) in [7, 11) is 0. The van der Waals surface area contributed by atoms with E-state index in [4.69, 9.17) is 0 Å². The molecule has 0 amide bonds. The van der Waals surface area contributed by atoms with E-state index in [0.29, 0.717) is 5.92 Å². The van der Waals surface area contributed by atoms with Gasteiger partial charge in [-0.15, -0.1) is 0 Å². The van der Waals surface area contributed by atoms with Crippen molar-refractivity contribution in [1.29, 1.82) is 0 Å². The second-order valence-electron chi connectivity index (χ2n) is 6.35. The van der Waals surface area contributed by atoms with Gasteiger partial charge in [0.15, 0.2) is 0 Å². The van der Waals surface area contributed by atoms with Crippen molar-refractivity contribution in [1.82, 2.24) is 9.80 Å². The summed E-state index contributed by atoms with van der Waals surface area (Å²) in [6.07, 6.45) is 1.18. The van der Waals surface area contributed by atoms with E-state index >= 15 is 0 Å². The third-order valence-electron chi connectivity index (χ3n) is 4.92. The van der Waals surface area contributed by atoms with Gasteiger partial charge in [-0.1, -0.05) is 60.7 Å². The first-order valence-corrected chi connectivity index (χ1v) is 8.70. The molecule has 0 atom stereocenters. The molecule has 0 spiro atoms. The zero-order chi connectivity index (χ0) is 15.9. The van der Waals surface area contributed by atoms with Crippen LogP contribution in [0.5, 0.6) is 0 Å². The van der Waals surface area contributed by atoms with Crippen LogP contribution in [0.3, 0.4) is 0 Å². The molecule has 2 nitrogen and oxygen atoms in total. The first-order chi connectivity index (χ1) is 11.4. The Balaban J connectivity index is 1.66. The minimum Gasteiger partial charge on any atom is -0.301 e. The molecule has 0 aromatic heterocycles. The lowest BCUT2D eigenvalue weighted by molar-refractivity contribution is 0.140. The number of benzene rings is 2. The van der Waals surface area contributed by atoms with Gasteiger partial charge in [-0.25, -0.2) is 0 Å².